The lowest BCUT2D eigenvalue weighted by molar-refractivity contribution is 0.0698. The zero-order valence-corrected chi connectivity index (χ0v) is 11.8. The van der Waals surface area contributed by atoms with Gasteiger partial charge in [0.05, 0.1) is 12.2 Å². The molecule has 110 valence electrons. The maximum atomic E-state index is 10.8. The summed E-state index contributed by atoms with van der Waals surface area (Å²) < 4.78 is 5.59. The van der Waals surface area contributed by atoms with Crippen LogP contribution >= 0.6 is 0 Å². The molecule has 0 spiro atoms. The van der Waals surface area contributed by atoms with Gasteiger partial charge in [-0.3, -0.25) is 0 Å². The third-order valence-corrected chi connectivity index (χ3v) is 3.22. The molecule has 4 nitrogen and oxygen atoms in total. The predicted molar refractivity (Wildman–Crippen MR) is 82.7 cm³/mol. The van der Waals surface area contributed by atoms with Crippen molar-refractivity contribution in [3.63, 3.8) is 0 Å². The number of hydrogen-bond acceptors (Lipinski definition) is 3. The molecule has 0 aliphatic carbocycles. The Bertz CT molecular complexity index is 596. The number of unbranched alkanes of at least 4 members (excludes halogenated alkanes) is 1. The summed E-state index contributed by atoms with van der Waals surface area (Å²) in [5.41, 5.74) is 7.32. The van der Waals surface area contributed by atoms with E-state index in [1.54, 1.807) is 12.1 Å². The summed E-state index contributed by atoms with van der Waals surface area (Å²) in [6.07, 6.45) is 3.02. The van der Waals surface area contributed by atoms with Crippen LogP contribution in [-0.4, -0.2) is 17.7 Å². The van der Waals surface area contributed by atoms with Gasteiger partial charge in [0.2, 0.25) is 0 Å². The molecule has 2 aromatic carbocycles. The lowest BCUT2D eigenvalue weighted by atomic mass is 10.1. The molecular formula is C17H19NO3. The molecule has 0 fully saturated rings. The Morgan fingerprint density at radius 1 is 1.10 bits per heavy atom. The van der Waals surface area contributed by atoms with Crippen LogP contribution in [0.4, 0.5) is 5.69 Å². The molecule has 0 saturated carbocycles. The molecule has 2 rings (SSSR count). The number of rotatable bonds is 7. The normalized spacial score (nSPS) is 10.3. The minimum atomic E-state index is -1.03. The fourth-order valence-electron chi connectivity index (χ4n) is 2.09. The fourth-order valence-corrected chi connectivity index (χ4v) is 2.09. The van der Waals surface area contributed by atoms with Gasteiger partial charge in [-0.05, 0) is 37.0 Å². The number of anilines is 1. The summed E-state index contributed by atoms with van der Waals surface area (Å²) in [5, 5.41) is 8.89. The molecule has 0 aliphatic rings. The van der Waals surface area contributed by atoms with Gasteiger partial charge in [0.25, 0.3) is 0 Å². The van der Waals surface area contributed by atoms with Crippen molar-refractivity contribution in [1.29, 1.82) is 0 Å². The average molecular weight is 285 g/mol. The van der Waals surface area contributed by atoms with Gasteiger partial charge in [-0.15, -0.1) is 0 Å². The van der Waals surface area contributed by atoms with Crippen molar-refractivity contribution in [2.45, 2.75) is 19.3 Å². The molecule has 21 heavy (non-hydrogen) atoms. The first-order chi connectivity index (χ1) is 10.2. The number of carboxylic acid groups (broad SMARTS) is 1. The zero-order chi connectivity index (χ0) is 15.1. The Morgan fingerprint density at radius 2 is 1.86 bits per heavy atom. The number of ether oxygens (including phenoxy) is 1. The number of aromatic carboxylic acids is 1. The number of carboxylic acids is 1. The van der Waals surface area contributed by atoms with Gasteiger partial charge in [-0.2, -0.15) is 0 Å². The van der Waals surface area contributed by atoms with Gasteiger partial charge < -0.3 is 15.6 Å². The second kappa shape index (κ2) is 7.33. The first-order valence-electron chi connectivity index (χ1n) is 6.96. The van der Waals surface area contributed by atoms with Crippen LogP contribution in [0.2, 0.25) is 0 Å². The highest BCUT2D eigenvalue weighted by Gasteiger charge is 2.08. The zero-order valence-electron chi connectivity index (χ0n) is 11.8. The molecule has 0 bridgehead atoms. The highest BCUT2D eigenvalue weighted by Crippen LogP contribution is 2.20. The van der Waals surface area contributed by atoms with E-state index in [0.29, 0.717) is 12.4 Å². The van der Waals surface area contributed by atoms with Crippen LogP contribution < -0.4 is 10.5 Å². The maximum Gasteiger partial charge on any atom is 0.337 e. The van der Waals surface area contributed by atoms with Gasteiger partial charge in [-0.25, -0.2) is 4.79 Å². The summed E-state index contributed by atoms with van der Waals surface area (Å²) >= 11 is 0. The van der Waals surface area contributed by atoms with E-state index >= 15 is 0 Å². The molecular weight excluding hydrogens is 266 g/mol. The smallest absolute Gasteiger partial charge is 0.337 e. The predicted octanol–water partition coefficient (Wildman–Crippen LogP) is 3.37. The molecule has 0 amide bonds. The van der Waals surface area contributed by atoms with Crippen molar-refractivity contribution in [1.82, 2.24) is 0 Å². The standard InChI is InChI=1S/C17H19NO3/c18-16-12-14(9-10-15(16)17(19)20)21-11-5-4-8-13-6-2-1-3-7-13/h1-3,6-7,9-10,12H,4-5,8,11,18H2,(H,19,20). The lowest BCUT2D eigenvalue weighted by Crippen LogP contribution is -2.04. The van der Waals surface area contributed by atoms with Crippen molar-refractivity contribution < 1.29 is 14.6 Å². The van der Waals surface area contributed by atoms with Crippen LogP contribution in [0.5, 0.6) is 5.75 Å². The van der Waals surface area contributed by atoms with Crippen molar-refractivity contribution in [3.8, 4) is 5.75 Å². The Hall–Kier alpha value is -2.49. The number of carbonyl (C=O) groups is 1. The van der Waals surface area contributed by atoms with E-state index in [4.69, 9.17) is 15.6 Å². The topological polar surface area (TPSA) is 72.5 Å². The van der Waals surface area contributed by atoms with E-state index < -0.39 is 5.97 Å². The van der Waals surface area contributed by atoms with E-state index in [0.717, 1.165) is 19.3 Å². The van der Waals surface area contributed by atoms with Crippen LogP contribution in [0, 0.1) is 0 Å². The molecule has 4 heteroatoms. The molecule has 0 atom stereocenters. The second-order valence-electron chi connectivity index (χ2n) is 4.85. The number of nitrogen functional groups attached to an aromatic ring is 1. The Morgan fingerprint density at radius 3 is 2.52 bits per heavy atom. The van der Waals surface area contributed by atoms with Crippen LogP contribution in [0.3, 0.4) is 0 Å². The molecule has 0 saturated heterocycles. The first kappa shape index (κ1) is 14.9. The third kappa shape index (κ3) is 4.53. The molecule has 0 radical (unpaired) electrons. The number of hydrogen-bond donors (Lipinski definition) is 2. The summed E-state index contributed by atoms with van der Waals surface area (Å²) in [6.45, 7) is 0.596. The van der Waals surface area contributed by atoms with Gasteiger partial charge >= 0.3 is 5.97 Å². The van der Waals surface area contributed by atoms with Crippen LogP contribution in [0.25, 0.3) is 0 Å². The van der Waals surface area contributed by atoms with E-state index in [9.17, 15) is 4.79 Å². The Balaban J connectivity index is 1.74. The van der Waals surface area contributed by atoms with Crippen molar-refractivity contribution in [3.05, 3.63) is 59.7 Å². The number of aryl methyl sites for hydroxylation is 1. The maximum absolute atomic E-state index is 10.8. The van der Waals surface area contributed by atoms with Crippen LogP contribution in [0.1, 0.15) is 28.8 Å². The minimum absolute atomic E-state index is 0.103. The highest BCUT2D eigenvalue weighted by molar-refractivity contribution is 5.93. The summed E-state index contributed by atoms with van der Waals surface area (Å²) in [5.74, 6) is -0.417. The number of nitrogens with two attached hydrogens (primary N) is 1. The van der Waals surface area contributed by atoms with Gasteiger partial charge in [-0.1, -0.05) is 30.3 Å². The van der Waals surface area contributed by atoms with Gasteiger partial charge in [0, 0.05) is 11.8 Å². The highest BCUT2D eigenvalue weighted by atomic mass is 16.5. The molecule has 2 aromatic rings. The first-order valence-corrected chi connectivity index (χ1v) is 6.96. The van der Waals surface area contributed by atoms with Crippen molar-refractivity contribution >= 4 is 11.7 Å². The molecule has 3 N–H and O–H groups in total. The minimum Gasteiger partial charge on any atom is -0.494 e. The SMILES string of the molecule is Nc1cc(OCCCCc2ccccc2)ccc1C(=O)O. The molecule has 0 heterocycles. The summed E-state index contributed by atoms with van der Waals surface area (Å²) in [7, 11) is 0. The van der Waals surface area contributed by atoms with Crippen LogP contribution in [-0.2, 0) is 6.42 Å². The largest absolute Gasteiger partial charge is 0.494 e. The Labute approximate surface area is 124 Å². The van der Waals surface area contributed by atoms with E-state index in [-0.39, 0.29) is 11.3 Å². The van der Waals surface area contributed by atoms with Crippen molar-refractivity contribution in [2.24, 2.45) is 0 Å². The second-order valence-corrected chi connectivity index (χ2v) is 4.85. The Kier molecular flexibility index (Phi) is 5.21. The monoisotopic (exact) mass is 285 g/mol. The fraction of sp³-hybridized carbons (Fsp3) is 0.235. The van der Waals surface area contributed by atoms with Crippen molar-refractivity contribution in [2.75, 3.05) is 12.3 Å². The van der Waals surface area contributed by atoms with Crippen LogP contribution in [0.15, 0.2) is 48.5 Å². The quantitative estimate of drug-likeness (QED) is 0.604. The third-order valence-electron chi connectivity index (χ3n) is 3.22. The van der Waals surface area contributed by atoms with E-state index in [1.165, 1.54) is 11.6 Å². The van der Waals surface area contributed by atoms with Gasteiger partial charge in [0.15, 0.2) is 0 Å². The van der Waals surface area contributed by atoms with Gasteiger partial charge in [0.1, 0.15) is 5.75 Å². The van der Waals surface area contributed by atoms with E-state index in [2.05, 4.69) is 12.1 Å². The average Bonchev–Trinajstić information content (AvgIpc) is 2.47. The summed E-state index contributed by atoms with van der Waals surface area (Å²) in [6, 6.07) is 15.0. The van der Waals surface area contributed by atoms with E-state index in [1.807, 2.05) is 18.2 Å². The molecule has 0 unspecified atom stereocenters. The molecule has 0 aliphatic heterocycles. The number of benzene rings is 2. The molecule has 0 aromatic heterocycles. The lowest BCUT2D eigenvalue weighted by Gasteiger charge is -2.08. The summed E-state index contributed by atoms with van der Waals surface area (Å²) in [4.78, 5) is 10.8.